The van der Waals surface area contributed by atoms with Gasteiger partial charge in [0.15, 0.2) is 0 Å². The lowest BCUT2D eigenvalue weighted by Gasteiger charge is -2.30. The van der Waals surface area contributed by atoms with Crippen molar-refractivity contribution in [2.24, 2.45) is 11.8 Å². The van der Waals surface area contributed by atoms with Gasteiger partial charge >= 0.3 is 0 Å². The highest BCUT2D eigenvalue weighted by molar-refractivity contribution is 7.79. The number of benzene rings is 1. The molecule has 22 heavy (non-hydrogen) atoms. The molecule has 0 aliphatic heterocycles. The largest absolute Gasteiger partial charge is 0.312 e. The molecule has 3 heteroatoms. The van der Waals surface area contributed by atoms with Gasteiger partial charge in [0, 0.05) is 18.0 Å². The summed E-state index contributed by atoms with van der Waals surface area (Å²) in [5.74, 6) is 1.03. The second-order valence-electron chi connectivity index (χ2n) is 6.63. The van der Waals surface area contributed by atoms with Gasteiger partial charge in [-0.05, 0) is 31.2 Å². The fraction of sp³-hybridized carbons (Fsp3) is 0.579. The summed E-state index contributed by atoms with van der Waals surface area (Å²) in [5.41, 5.74) is 1.78. The molecule has 0 aromatic heterocycles. The van der Waals surface area contributed by atoms with Crippen LogP contribution in [-0.2, 0) is 4.79 Å². The van der Waals surface area contributed by atoms with E-state index in [1.807, 2.05) is 29.2 Å². The third kappa shape index (κ3) is 4.39. The molecule has 1 aliphatic rings. The third-order valence-corrected chi connectivity index (χ3v) is 4.68. The van der Waals surface area contributed by atoms with Crippen molar-refractivity contribution < 1.29 is 4.79 Å². The van der Waals surface area contributed by atoms with E-state index in [1.54, 1.807) is 0 Å². The van der Waals surface area contributed by atoms with Crippen LogP contribution in [0.4, 0.5) is 5.69 Å². The number of para-hydroxylation sites is 1. The standard InChI is InChI=1S/C19H26NOS/c1-15(2)12-13-20(18-11-7-6-10-17(18)14-22)19(21)16-8-4-3-5-9-16/h6-7,10-11,15-16H,3-5,8-9,12-13H2,1-2H3. The summed E-state index contributed by atoms with van der Waals surface area (Å²) in [6, 6.07) is 7.86. The predicted molar refractivity (Wildman–Crippen MR) is 96.5 cm³/mol. The van der Waals surface area contributed by atoms with Gasteiger partial charge in [-0.2, -0.15) is 0 Å². The lowest BCUT2D eigenvalue weighted by molar-refractivity contribution is -0.123. The number of rotatable bonds is 6. The zero-order valence-electron chi connectivity index (χ0n) is 13.7. The normalized spacial score (nSPS) is 15.8. The molecule has 0 heterocycles. The van der Waals surface area contributed by atoms with E-state index in [2.05, 4.69) is 19.2 Å². The Morgan fingerprint density at radius 3 is 2.59 bits per heavy atom. The van der Waals surface area contributed by atoms with Crippen LogP contribution in [0.2, 0.25) is 0 Å². The van der Waals surface area contributed by atoms with Crippen LogP contribution in [0.3, 0.4) is 0 Å². The average Bonchev–Trinajstić information content (AvgIpc) is 2.55. The maximum absolute atomic E-state index is 13.0. The first-order valence-corrected chi connectivity index (χ1v) is 8.83. The van der Waals surface area contributed by atoms with Gasteiger partial charge in [0.1, 0.15) is 0 Å². The minimum atomic E-state index is 0.180. The Kier molecular flexibility index (Phi) is 6.56. The highest BCUT2D eigenvalue weighted by Crippen LogP contribution is 2.29. The molecule has 1 amide bonds. The van der Waals surface area contributed by atoms with Crippen molar-refractivity contribution in [3.8, 4) is 0 Å². The summed E-state index contributed by atoms with van der Waals surface area (Å²) in [4.78, 5) is 15.0. The number of carbonyl (C=O) groups is 1. The highest BCUT2D eigenvalue weighted by Gasteiger charge is 2.27. The molecule has 1 fully saturated rings. The molecule has 119 valence electrons. The number of nitrogens with zero attached hydrogens (tertiary/aromatic N) is 1. The van der Waals surface area contributed by atoms with Crippen molar-refractivity contribution >= 4 is 29.2 Å². The maximum Gasteiger partial charge on any atom is 0.230 e. The van der Waals surface area contributed by atoms with E-state index in [9.17, 15) is 4.79 Å². The van der Waals surface area contributed by atoms with Crippen LogP contribution in [0.5, 0.6) is 0 Å². The molecule has 1 aliphatic carbocycles. The zero-order chi connectivity index (χ0) is 15.9. The number of thiocarbonyl (C=S) groups is 1. The van der Waals surface area contributed by atoms with Crippen molar-refractivity contribution in [2.45, 2.75) is 52.4 Å². The van der Waals surface area contributed by atoms with E-state index in [1.165, 1.54) is 19.3 Å². The van der Waals surface area contributed by atoms with E-state index in [0.29, 0.717) is 5.92 Å². The Balaban J connectivity index is 2.24. The first-order chi connectivity index (χ1) is 10.6. The van der Waals surface area contributed by atoms with Crippen LogP contribution < -0.4 is 4.90 Å². The maximum atomic E-state index is 13.0. The first-order valence-electron chi connectivity index (χ1n) is 8.42. The van der Waals surface area contributed by atoms with Gasteiger partial charge in [-0.3, -0.25) is 4.79 Å². The topological polar surface area (TPSA) is 20.3 Å². The number of hydrogen-bond acceptors (Lipinski definition) is 2. The SMILES string of the molecule is CC(C)CCN(C(=O)C1CCCCC1)c1ccccc1[C]=S. The van der Waals surface area contributed by atoms with E-state index < -0.39 is 0 Å². The lowest BCUT2D eigenvalue weighted by atomic mass is 9.88. The summed E-state index contributed by atoms with van der Waals surface area (Å²) >= 11 is 5.02. The number of anilines is 1. The fourth-order valence-electron chi connectivity index (χ4n) is 3.10. The molecule has 0 saturated heterocycles. The van der Waals surface area contributed by atoms with Crippen molar-refractivity contribution in [3.63, 3.8) is 0 Å². The van der Waals surface area contributed by atoms with Gasteiger partial charge in [-0.1, -0.05) is 63.5 Å². The Morgan fingerprint density at radius 1 is 1.27 bits per heavy atom. The summed E-state index contributed by atoms with van der Waals surface area (Å²) < 4.78 is 0. The molecule has 1 aromatic carbocycles. The van der Waals surface area contributed by atoms with Crippen LogP contribution in [0.15, 0.2) is 24.3 Å². The molecule has 0 bridgehead atoms. The molecule has 0 spiro atoms. The molecule has 0 N–H and O–H groups in total. The summed E-state index contributed by atoms with van der Waals surface area (Å²) in [6.07, 6.45) is 6.68. The van der Waals surface area contributed by atoms with Gasteiger partial charge in [-0.25, -0.2) is 0 Å². The molecule has 2 nitrogen and oxygen atoms in total. The van der Waals surface area contributed by atoms with E-state index in [-0.39, 0.29) is 11.8 Å². The Bertz CT molecular complexity index is 506. The molecule has 1 aromatic rings. The molecule has 1 saturated carbocycles. The predicted octanol–water partition coefficient (Wildman–Crippen LogP) is 4.87. The summed E-state index contributed by atoms with van der Waals surface area (Å²) in [6.45, 7) is 5.15. The Labute approximate surface area is 139 Å². The quantitative estimate of drug-likeness (QED) is 0.698. The molecule has 2 rings (SSSR count). The van der Waals surface area contributed by atoms with Gasteiger partial charge in [0.2, 0.25) is 5.91 Å². The van der Waals surface area contributed by atoms with Crippen LogP contribution in [0, 0.1) is 11.8 Å². The molecular formula is C19H26NOS. The summed E-state index contributed by atoms with van der Waals surface area (Å²) in [7, 11) is 0. The van der Waals surface area contributed by atoms with Crippen molar-refractivity contribution in [2.75, 3.05) is 11.4 Å². The Hall–Kier alpha value is -1.22. The van der Waals surface area contributed by atoms with Crippen LogP contribution in [0.25, 0.3) is 0 Å². The lowest BCUT2D eigenvalue weighted by Crippen LogP contribution is -2.38. The minimum absolute atomic E-state index is 0.180. The summed E-state index contributed by atoms with van der Waals surface area (Å²) in [5, 5.41) is 2.81. The first kappa shape index (κ1) is 17.1. The smallest absolute Gasteiger partial charge is 0.230 e. The van der Waals surface area contributed by atoms with Crippen molar-refractivity contribution in [1.29, 1.82) is 0 Å². The van der Waals surface area contributed by atoms with E-state index >= 15 is 0 Å². The van der Waals surface area contributed by atoms with Gasteiger partial charge in [-0.15, -0.1) is 0 Å². The average molecular weight is 316 g/mol. The number of hydrogen-bond donors (Lipinski definition) is 0. The Morgan fingerprint density at radius 2 is 1.95 bits per heavy atom. The fourth-order valence-corrected chi connectivity index (χ4v) is 3.27. The molecule has 1 radical (unpaired) electrons. The third-order valence-electron chi connectivity index (χ3n) is 4.46. The van der Waals surface area contributed by atoms with E-state index in [0.717, 1.165) is 37.1 Å². The number of carbonyl (C=O) groups excluding carboxylic acids is 1. The monoisotopic (exact) mass is 316 g/mol. The van der Waals surface area contributed by atoms with Crippen LogP contribution in [-0.4, -0.2) is 17.8 Å². The second-order valence-corrected chi connectivity index (χ2v) is 6.83. The molecule has 0 unspecified atom stereocenters. The van der Waals surface area contributed by atoms with E-state index in [4.69, 9.17) is 12.2 Å². The number of amides is 1. The van der Waals surface area contributed by atoms with Gasteiger partial charge < -0.3 is 4.90 Å². The van der Waals surface area contributed by atoms with Gasteiger partial charge in [0.05, 0.1) is 11.1 Å². The highest BCUT2D eigenvalue weighted by atomic mass is 32.1. The van der Waals surface area contributed by atoms with Crippen molar-refractivity contribution in [3.05, 3.63) is 29.8 Å². The van der Waals surface area contributed by atoms with Crippen LogP contribution in [0.1, 0.15) is 57.9 Å². The van der Waals surface area contributed by atoms with Gasteiger partial charge in [0.25, 0.3) is 0 Å². The molecule has 0 atom stereocenters. The van der Waals surface area contributed by atoms with Crippen LogP contribution >= 0.6 is 12.2 Å². The molecular weight excluding hydrogens is 290 g/mol. The van der Waals surface area contributed by atoms with Crippen molar-refractivity contribution in [1.82, 2.24) is 0 Å². The minimum Gasteiger partial charge on any atom is -0.312 e. The zero-order valence-corrected chi connectivity index (χ0v) is 14.5. The second kappa shape index (κ2) is 8.42.